The summed E-state index contributed by atoms with van der Waals surface area (Å²) in [7, 11) is 5.54. The van der Waals surface area contributed by atoms with Gasteiger partial charge >= 0.3 is 5.97 Å². The number of benzene rings is 2. The fourth-order valence-electron chi connectivity index (χ4n) is 4.03. The molecule has 1 heterocycles. The number of methoxy groups -OCH3 is 2. The van der Waals surface area contributed by atoms with Crippen molar-refractivity contribution in [3.8, 4) is 11.5 Å². The minimum Gasteiger partial charge on any atom is -0.539 e. The third-order valence-corrected chi connectivity index (χ3v) is 5.98. The molecule has 0 aliphatic carbocycles. The van der Waals surface area contributed by atoms with Gasteiger partial charge in [0.25, 0.3) is 0 Å². The minimum absolute atomic E-state index is 0.293. The monoisotopic (exact) mass is 486 g/mol. The number of hydrogen-bond donors (Lipinski definition) is 2. The summed E-state index contributed by atoms with van der Waals surface area (Å²) in [5.74, 6) is -1.82. The molecule has 2 N–H and O–H groups in total. The molecule has 3 rings (SSSR count). The summed E-state index contributed by atoms with van der Waals surface area (Å²) < 4.78 is 10.7. The molecule has 1 aliphatic rings. The van der Waals surface area contributed by atoms with E-state index in [0.717, 1.165) is 50.5 Å². The third-order valence-electron chi connectivity index (χ3n) is 5.98. The Bertz CT molecular complexity index is 969. The summed E-state index contributed by atoms with van der Waals surface area (Å²) in [6.45, 7) is 3.83. The number of quaternary nitrogens is 1. The standard InChI is InChI=1S/C24H32N2O3.C2H2O4/c1-25(15-12-19-10-11-22(28-2)23(16-19)29-3)13-7-14-26-18-21(17-24(26)27)20-8-5-4-6-9-20;3-1(4)2(5)6/h4-6,8-11,16,21H,7,12-15,17-18H2,1-3H3;(H,3,4)(H,5,6). The zero-order valence-electron chi connectivity index (χ0n) is 20.5. The van der Waals surface area contributed by atoms with Crippen LogP contribution in [0.2, 0.25) is 0 Å². The molecule has 1 fully saturated rings. The summed E-state index contributed by atoms with van der Waals surface area (Å²) in [4.78, 5) is 33.9. The second-order valence-corrected chi connectivity index (χ2v) is 8.49. The lowest BCUT2D eigenvalue weighted by Crippen LogP contribution is -3.09. The van der Waals surface area contributed by atoms with E-state index in [2.05, 4.69) is 43.4 Å². The zero-order valence-corrected chi connectivity index (χ0v) is 20.5. The molecule has 0 aromatic heterocycles. The van der Waals surface area contributed by atoms with Crippen LogP contribution >= 0.6 is 0 Å². The van der Waals surface area contributed by atoms with Crippen molar-refractivity contribution in [2.24, 2.45) is 0 Å². The van der Waals surface area contributed by atoms with Crippen LogP contribution in [0.25, 0.3) is 0 Å². The highest BCUT2D eigenvalue weighted by molar-refractivity contribution is 6.26. The Balaban J connectivity index is 0.000000641. The molecule has 2 atom stereocenters. The molecule has 1 saturated heterocycles. The van der Waals surface area contributed by atoms with Crippen LogP contribution in [-0.4, -0.2) is 75.3 Å². The number of carbonyl (C=O) groups excluding carboxylic acids is 2. The first kappa shape index (κ1) is 27.7. The van der Waals surface area contributed by atoms with E-state index in [0.29, 0.717) is 18.2 Å². The van der Waals surface area contributed by atoms with Gasteiger partial charge in [0.2, 0.25) is 5.91 Å². The van der Waals surface area contributed by atoms with Crippen LogP contribution in [0, 0.1) is 0 Å². The van der Waals surface area contributed by atoms with Crippen molar-refractivity contribution in [2.75, 3.05) is 47.4 Å². The molecule has 9 nitrogen and oxygen atoms in total. The number of carboxylic acid groups (broad SMARTS) is 2. The molecule has 0 radical (unpaired) electrons. The smallest absolute Gasteiger partial charge is 0.351 e. The van der Waals surface area contributed by atoms with Crippen LogP contribution in [0.3, 0.4) is 0 Å². The summed E-state index contributed by atoms with van der Waals surface area (Å²) in [5, 5.41) is 16.3. The fourth-order valence-corrected chi connectivity index (χ4v) is 4.03. The number of carboxylic acids is 2. The van der Waals surface area contributed by atoms with Crippen molar-refractivity contribution in [1.29, 1.82) is 0 Å². The summed E-state index contributed by atoms with van der Waals surface area (Å²) >= 11 is 0. The number of nitrogens with one attached hydrogen (secondary N) is 1. The predicted octanol–water partition coefficient (Wildman–Crippen LogP) is -0.0119. The highest BCUT2D eigenvalue weighted by Gasteiger charge is 2.30. The lowest BCUT2D eigenvalue weighted by molar-refractivity contribution is -0.879. The molecule has 35 heavy (non-hydrogen) atoms. The van der Waals surface area contributed by atoms with E-state index in [9.17, 15) is 4.79 Å². The number of hydrogen-bond acceptors (Lipinski definition) is 6. The number of amides is 1. The molecule has 0 bridgehead atoms. The zero-order chi connectivity index (χ0) is 25.8. The molecule has 1 aliphatic heterocycles. The van der Waals surface area contributed by atoms with E-state index in [-0.39, 0.29) is 0 Å². The van der Waals surface area contributed by atoms with Gasteiger partial charge < -0.3 is 34.3 Å². The first-order chi connectivity index (χ1) is 16.7. The van der Waals surface area contributed by atoms with Crippen molar-refractivity contribution in [3.05, 3.63) is 59.7 Å². The van der Waals surface area contributed by atoms with Gasteiger partial charge in [-0.25, -0.2) is 4.79 Å². The van der Waals surface area contributed by atoms with Crippen LogP contribution in [-0.2, 0) is 20.8 Å². The van der Waals surface area contributed by atoms with Gasteiger partial charge in [-0.1, -0.05) is 36.4 Å². The Morgan fingerprint density at radius 3 is 2.34 bits per heavy atom. The molecule has 190 valence electrons. The van der Waals surface area contributed by atoms with Crippen molar-refractivity contribution in [2.45, 2.75) is 25.2 Å². The summed E-state index contributed by atoms with van der Waals surface area (Å²) in [6, 6.07) is 16.5. The first-order valence-electron chi connectivity index (χ1n) is 11.5. The minimum atomic E-state index is -2.07. The van der Waals surface area contributed by atoms with Crippen molar-refractivity contribution in [1.82, 2.24) is 4.90 Å². The van der Waals surface area contributed by atoms with Crippen molar-refractivity contribution in [3.63, 3.8) is 0 Å². The highest BCUT2D eigenvalue weighted by atomic mass is 16.5. The molecule has 0 saturated carbocycles. The van der Waals surface area contributed by atoms with Crippen LogP contribution in [0.1, 0.15) is 29.9 Å². The number of aliphatic carboxylic acids is 2. The van der Waals surface area contributed by atoms with E-state index < -0.39 is 11.9 Å². The molecule has 1 amide bonds. The SMILES string of the molecule is COc1ccc(CC[NH+](C)CCCN2CC(c3ccccc3)CC2=O)cc1OC.O=C([O-])C(=O)O. The van der Waals surface area contributed by atoms with Gasteiger partial charge in [-0.3, -0.25) is 4.79 Å². The maximum Gasteiger partial charge on any atom is 0.351 e. The Morgan fingerprint density at radius 2 is 1.74 bits per heavy atom. The second kappa shape index (κ2) is 14.0. The average molecular weight is 487 g/mol. The number of ether oxygens (including phenoxy) is 2. The number of likely N-dealkylation sites (N-methyl/N-ethyl adjacent to an activating group) is 1. The van der Waals surface area contributed by atoms with E-state index in [4.69, 9.17) is 29.3 Å². The van der Waals surface area contributed by atoms with Crippen LogP contribution < -0.4 is 19.5 Å². The fraction of sp³-hybridized carbons (Fsp3) is 0.423. The quantitative estimate of drug-likeness (QED) is 0.453. The first-order valence-corrected chi connectivity index (χ1v) is 11.5. The van der Waals surface area contributed by atoms with Gasteiger partial charge in [-0.2, -0.15) is 0 Å². The van der Waals surface area contributed by atoms with Gasteiger partial charge in [-0.05, 0) is 23.3 Å². The summed E-state index contributed by atoms with van der Waals surface area (Å²) in [5.41, 5.74) is 2.53. The van der Waals surface area contributed by atoms with Crippen LogP contribution in [0.15, 0.2) is 48.5 Å². The molecular weight excluding hydrogens is 452 g/mol. The predicted molar refractivity (Wildman–Crippen MR) is 128 cm³/mol. The Labute approximate surface area is 205 Å². The Morgan fingerprint density at radius 1 is 1.09 bits per heavy atom. The van der Waals surface area contributed by atoms with E-state index >= 15 is 0 Å². The topological polar surface area (TPSA) is 121 Å². The largest absolute Gasteiger partial charge is 0.539 e. The molecular formula is C26H34N2O7. The Hall–Kier alpha value is -3.59. The molecule has 2 aromatic rings. The van der Waals surface area contributed by atoms with Crippen LogP contribution in [0.4, 0.5) is 0 Å². The number of carbonyl (C=O) groups is 3. The Kier molecular flexibility index (Phi) is 11.0. The van der Waals surface area contributed by atoms with Gasteiger partial charge in [0, 0.05) is 38.3 Å². The number of rotatable bonds is 10. The van der Waals surface area contributed by atoms with Gasteiger partial charge in [0.15, 0.2) is 17.5 Å². The van der Waals surface area contributed by atoms with Crippen LogP contribution in [0.5, 0.6) is 11.5 Å². The van der Waals surface area contributed by atoms with E-state index in [1.165, 1.54) is 16.0 Å². The second-order valence-electron chi connectivity index (χ2n) is 8.49. The van der Waals surface area contributed by atoms with E-state index in [1.807, 2.05) is 17.0 Å². The molecule has 0 spiro atoms. The maximum absolute atomic E-state index is 12.4. The number of nitrogens with zero attached hydrogens (tertiary/aromatic N) is 1. The van der Waals surface area contributed by atoms with Crippen molar-refractivity contribution < 1.29 is 39.0 Å². The van der Waals surface area contributed by atoms with E-state index in [1.54, 1.807) is 14.2 Å². The van der Waals surface area contributed by atoms with Gasteiger partial charge in [0.1, 0.15) is 0 Å². The summed E-state index contributed by atoms with van der Waals surface area (Å²) in [6.07, 6.45) is 2.67. The van der Waals surface area contributed by atoms with Gasteiger partial charge in [-0.15, -0.1) is 0 Å². The molecule has 2 aromatic carbocycles. The molecule has 2 unspecified atom stereocenters. The average Bonchev–Trinajstić information content (AvgIpc) is 3.23. The van der Waals surface area contributed by atoms with Crippen molar-refractivity contribution >= 4 is 17.8 Å². The highest BCUT2D eigenvalue weighted by Crippen LogP contribution is 2.28. The van der Waals surface area contributed by atoms with Gasteiger partial charge in [0.05, 0.1) is 34.4 Å². The lowest BCUT2D eigenvalue weighted by atomic mass is 9.99. The maximum atomic E-state index is 12.4. The normalized spacial score (nSPS) is 15.7. The third kappa shape index (κ3) is 8.94. The number of likely N-dealkylation sites (tertiary alicyclic amines) is 1. The lowest BCUT2D eigenvalue weighted by Gasteiger charge is -2.19. The molecule has 9 heteroatoms.